The lowest BCUT2D eigenvalue weighted by Gasteiger charge is -2.25. The van der Waals surface area contributed by atoms with Gasteiger partial charge in [0.25, 0.3) is 0 Å². The van der Waals surface area contributed by atoms with E-state index >= 15 is 0 Å². The van der Waals surface area contributed by atoms with Crippen LogP contribution in [0, 0.1) is 0 Å². The highest BCUT2D eigenvalue weighted by atomic mass is 32.2. The predicted octanol–water partition coefficient (Wildman–Crippen LogP) is 3.31. The topological polar surface area (TPSA) is 74.2 Å². The number of fused-ring (bicyclic) bond motifs is 1. The summed E-state index contributed by atoms with van der Waals surface area (Å²) in [5.41, 5.74) is 2.31. The molecule has 1 fully saturated rings. The first-order chi connectivity index (χ1) is 13.7. The predicted molar refractivity (Wildman–Crippen MR) is 114 cm³/mol. The van der Waals surface area contributed by atoms with Crippen LogP contribution in [-0.2, 0) is 12.8 Å². The molecule has 1 aliphatic heterocycles. The second kappa shape index (κ2) is 8.66. The molecule has 3 heterocycles. The first-order valence-electron chi connectivity index (χ1n) is 10.3. The fourth-order valence-electron chi connectivity index (χ4n) is 3.61. The molecular formula is C21H29N5OS. The van der Waals surface area contributed by atoms with Gasteiger partial charge in [0.1, 0.15) is 5.82 Å². The zero-order valence-corrected chi connectivity index (χ0v) is 17.3. The molecule has 2 aromatic rings. The van der Waals surface area contributed by atoms with Crippen LogP contribution in [0.15, 0.2) is 29.4 Å². The number of aliphatic hydroxyl groups excluding tert-OH is 1. The number of hydrogen-bond acceptors (Lipinski definition) is 7. The van der Waals surface area contributed by atoms with E-state index < -0.39 is 0 Å². The second-order valence-electron chi connectivity index (χ2n) is 7.76. The minimum Gasteiger partial charge on any atom is -0.394 e. The van der Waals surface area contributed by atoms with Gasteiger partial charge in [-0.1, -0.05) is 6.92 Å². The van der Waals surface area contributed by atoms with Crippen LogP contribution in [0.2, 0.25) is 0 Å². The molecule has 4 rings (SSSR count). The molecule has 0 saturated heterocycles. The Hall–Kier alpha value is -1.86. The lowest BCUT2D eigenvalue weighted by Crippen LogP contribution is -2.30. The van der Waals surface area contributed by atoms with Gasteiger partial charge in [0.05, 0.1) is 22.7 Å². The molecule has 0 spiro atoms. The number of aliphatic hydroxyl groups is 1. The van der Waals surface area contributed by atoms with E-state index in [1.54, 1.807) is 0 Å². The van der Waals surface area contributed by atoms with Crippen molar-refractivity contribution in [1.29, 1.82) is 0 Å². The average molecular weight is 400 g/mol. The van der Waals surface area contributed by atoms with Crippen molar-refractivity contribution < 1.29 is 5.11 Å². The molecule has 2 aromatic heterocycles. The molecule has 0 bridgehead atoms. The van der Waals surface area contributed by atoms with Gasteiger partial charge in [-0.25, -0.2) is 4.98 Å². The molecule has 0 radical (unpaired) electrons. The molecule has 6 nitrogen and oxygen atoms in total. The van der Waals surface area contributed by atoms with E-state index in [2.05, 4.69) is 34.3 Å². The van der Waals surface area contributed by atoms with Gasteiger partial charge >= 0.3 is 0 Å². The number of pyridine rings is 1. The van der Waals surface area contributed by atoms with E-state index in [9.17, 15) is 5.11 Å². The average Bonchev–Trinajstić information content (AvgIpc) is 3.33. The molecule has 1 aliphatic carbocycles. The summed E-state index contributed by atoms with van der Waals surface area (Å²) in [6, 6.07) is 4.17. The fraction of sp³-hybridized carbons (Fsp3) is 0.571. The molecule has 0 unspecified atom stereocenters. The molecule has 0 amide bonds. The number of aryl methyl sites for hydroxylation is 2. The van der Waals surface area contributed by atoms with Crippen molar-refractivity contribution in [3.05, 3.63) is 35.8 Å². The van der Waals surface area contributed by atoms with E-state index in [0.29, 0.717) is 0 Å². The minimum atomic E-state index is -0.167. The second-order valence-corrected chi connectivity index (χ2v) is 8.86. The highest BCUT2D eigenvalue weighted by Gasteiger charge is 2.43. The lowest BCUT2D eigenvalue weighted by molar-refractivity contribution is 0.265. The van der Waals surface area contributed by atoms with Gasteiger partial charge in [-0.3, -0.25) is 4.98 Å². The van der Waals surface area contributed by atoms with Crippen molar-refractivity contribution in [3.8, 4) is 0 Å². The van der Waals surface area contributed by atoms with Gasteiger partial charge in [0, 0.05) is 37.7 Å². The van der Waals surface area contributed by atoms with Gasteiger partial charge in [0.2, 0.25) is 5.95 Å². The van der Waals surface area contributed by atoms with Crippen molar-refractivity contribution in [2.24, 2.45) is 0 Å². The first kappa shape index (κ1) is 19.5. The SMILES string of the molecule is CCCN(CCCc1ccncc1)c1nc2c(c(NC3(CO)CC3)n1)SCC2. The van der Waals surface area contributed by atoms with Crippen LogP contribution in [0.5, 0.6) is 0 Å². The molecule has 28 heavy (non-hydrogen) atoms. The maximum Gasteiger partial charge on any atom is 0.227 e. The maximum atomic E-state index is 9.73. The molecule has 1 saturated carbocycles. The van der Waals surface area contributed by atoms with Crippen molar-refractivity contribution in [2.75, 3.05) is 35.7 Å². The van der Waals surface area contributed by atoms with Crippen molar-refractivity contribution in [2.45, 2.75) is 55.9 Å². The van der Waals surface area contributed by atoms with Crippen molar-refractivity contribution >= 4 is 23.5 Å². The third-order valence-corrected chi connectivity index (χ3v) is 6.59. The van der Waals surface area contributed by atoms with Crippen LogP contribution in [0.4, 0.5) is 11.8 Å². The molecule has 2 aliphatic rings. The number of nitrogens with one attached hydrogen (secondary N) is 1. The van der Waals surface area contributed by atoms with E-state index in [4.69, 9.17) is 9.97 Å². The number of rotatable bonds is 10. The quantitative estimate of drug-likeness (QED) is 0.635. The Morgan fingerprint density at radius 2 is 2.04 bits per heavy atom. The number of hydrogen-bond donors (Lipinski definition) is 2. The fourth-order valence-corrected chi connectivity index (χ4v) is 4.66. The Morgan fingerprint density at radius 1 is 1.21 bits per heavy atom. The largest absolute Gasteiger partial charge is 0.394 e. The third-order valence-electron chi connectivity index (χ3n) is 5.47. The number of thioether (sulfide) groups is 1. The van der Waals surface area contributed by atoms with E-state index in [1.165, 1.54) is 10.5 Å². The van der Waals surface area contributed by atoms with Gasteiger partial charge in [-0.05, 0) is 49.8 Å². The van der Waals surface area contributed by atoms with Crippen LogP contribution >= 0.6 is 11.8 Å². The number of aromatic nitrogens is 3. The lowest BCUT2D eigenvalue weighted by atomic mass is 10.1. The highest BCUT2D eigenvalue weighted by Crippen LogP contribution is 2.43. The summed E-state index contributed by atoms with van der Waals surface area (Å²) >= 11 is 1.83. The van der Waals surface area contributed by atoms with Crippen LogP contribution in [0.25, 0.3) is 0 Å². The van der Waals surface area contributed by atoms with Crippen LogP contribution in [0.3, 0.4) is 0 Å². The van der Waals surface area contributed by atoms with Crippen LogP contribution < -0.4 is 10.2 Å². The zero-order valence-electron chi connectivity index (χ0n) is 16.5. The van der Waals surface area contributed by atoms with Gasteiger partial charge in [0.15, 0.2) is 0 Å². The molecule has 2 N–H and O–H groups in total. The van der Waals surface area contributed by atoms with E-state index in [-0.39, 0.29) is 12.1 Å². The number of anilines is 2. The van der Waals surface area contributed by atoms with E-state index in [1.807, 2.05) is 24.2 Å². The highest BCUT2D eigenvalue weighted by molar-refractivity contribution is 7.99. The van der Waals surface area contributed by atoms with E-state index in [0.717, 1.165) is 74.8 Å². The monoisotopic (exact) mass is 399 g/mol. The van der Waals surface area contributed by atoms with Gasteiger partial charge in [-0.2, -0.15) is 4.98 Å². The summed E-state index contributed by atoms with van der Waals surface area (Å²) in [6.45, 7) is 4.25. The van der Waals surface area contributed by atoms with Crippen molar-refractivity contribution in [3.63, 3.8) is 0 Å². The van der Waals surface area contributed by atoms with Gasteiger partial charge in [-0.15, -0.1) is 11.8 Å². The summed E-state index contributed by atoms with van der Waals surface area (Å²) in [6.07, 6.45) is 9.87. The Morgan fingerprint density at radius 3 is 2.75 bits per heavy atom. The summed E-state index contributed by atoms with van der Waals surface area (Å²) < 4.78 is 0. The smallest absolute Gasteiger partial charge is 0.227 e. The Labute approximate surface area is 171 Å². The third kappa shape index (κ3) is 4.41. The normalized spacial score (nSPS) is 16.6. The molecule has 7 heteroatoms. The Balaban J connectivity index is 1.51. The first-order valence-corrected chi connectivity index (χ1v) is 11.3. The molecular weight excluding hydrogens is 370 g/mol. The minimum absolute atomic E-state index is 0.163. The molecule has 0 atom stereocenters. The zero-order chi connectivity index (χ0) is 19.4. The summed E-state index contributed by atoms with van der Waals surface area (Å²) in [5.74, 6) is 2.81. The Bertz CT molecular complexity index is 797. The van der Waals surface area contributed by atoms with Crippen LogP contribution in [0.1, 0.15) is 43.9 Å². The van der Waals surface area contributed by atoms with Crippen LogP contribution in [-0.4, -0.2) is 51.0 Å². The summed E-state index contributed by atoms with van der Waals surface area (Å²) in [7, 11) is 0. The van der Waals surface area contributed by atoms with Gasteiger partial charge < -0.3 is 15.3 Å². The Kier molecular flexibility index (Phi) is 6.01. The summed E-state index contributed by atoms with van der Waals surface area (Å²) in [4.78, 5) is 17.4. The maximum absolute atomic E-state index is 9.73. The molecule has 150 valence electrons. The summed E-state index contributed by atoms with van der Waals surface area (Å²) in [5, 5.41) is 13.3. The standard InChI is InChI=1S/C21H29N5OS/c1-2-12-26(13-3-4-16-5-10-22-11-6-16)20-23-17-7-14-28-18(17)19(24-20)25-21(15-27)8-9-21/h5-6,10-11,27H,2-4,7-9,12-15H2,1H3,(H,23,24,25). The number of nitrogens with zero attached hydrogens (tertiary/aromatic N) is 4. The molecule has 0 aromatic carbocycles. The van der Waals surface area contributed by atoms with Crippen molar-refractivity contribution in [1.82, 2.24) is 15.0 Å².